The van der Waals surface area contributed by atoms with E-state index in [0.29, 0.717) is 40.3 Å². The average Bonchev–Trinajstić information content (AvgIpc) is 3.32. The van der Waals surface area contributed by atoms with E-state index in [1.54, 1.807) is 11.5 Å². The number of rotatable bonds is 5. The Labute approximate surface area is 221 Å². The maximum absolute atomic E-state index is 14.9. The first-order valence-electron chi connectivity index (χ1n) is 12.2. The normalized spacial score (nSPS) is 18.1. The van der Waals surface area contributed by atoms with Gasteiger partial charge in [0.1, 0.15) is 5.82 Å². The number of aliphatic hydroxyl groups excluding tert-OH is 1. The largest absolute Gasteiger partial charge is 0.512 e. The number of aliphatic hydroxyl groups is 1. The molecule has 0 radical (unpaired) electrons. The lowest BCUT2D eigenvalue weighted by Crippen LogP contribution is -2.34. The number of nitrogens with two attached hydrogens (primary N) is 1. The zero-order valence-corrected chi connectivity index (χ0v) is 21.4. The van der Waals surface area contributed by atoms with Crippen LogP contribution in [0.4, 0.5) is 17.6 Å². The molecule has 0 spiro atoms. The van der Waals surface area contributed by atoms with E-state index < -0.39 is 35.2 Å². The molecule has 5 rings (SSSR count). The monoisotopic (exact) mass is 542 g/mol. The summed E-state index contributed by atoms with van der Waals surface area (Å²) in [5, 5.41) is 10.7. The van der Waals surface area contributed by atoms with Gasteiger partial charge in [-0.15, -0.1) is 11.8 Å². The number of nitrogens with zero attached hydrogens (tertiary/aromatic N) is 1. The molecule has 3 aromatic rings. The smallest absolute Gasteiger partial charge is 0.416 e. The molecule has 0 bridgehead atoms. The Morgan fingerprint density at radius 1 is 1.13 bits per heavy atom. The van der Waals surface area contributed by atoms with Crippen LogP contribution in [-0.2, 0) is 12.6 Å². The maximum Gasteiger partial charge on any atom is 0.416 e. The number of allylic oxidation sites excluding steroid dienone is 4. The fourth-order valence-electron chi connectivity index (χ4n) is 5.28. The van der Waals surface area contributed by atoms with Gasteiger partial charge in [0.25, 0.3) is 5.56 Å². The lowest BCUT2D eigenvalue weighted by atomic mass is 9.90. The summed E-state index contributed by atoms with van der Waals surface area (Å²) in [5.74, 6) is -0.403. The Bertz CT molecular complexity index is 1510. The van der Waals surface area contributed by atoms with Crippen LogP contribution < -0.4 is 11.3 Å². The third kappa shape index (κ3) is 4.69. The summed E-state index contributed by atoms with van der Waals surface area (Å²) >= 11 is 1.34. The van der Waals surface area contributed by atoms with Crippen molar-refractivity contribution in [3.63, 3.8) is 0 Å². The summed E-state index contributed by atoms with van der Waals surface area (Å²) in [6, 6.07) is 11.2. The van der Waals surface area contributed by atoms with Crippen LogP contribution in [-0.4, -0.2) is 15.4 Å². The van der Waals surface area contributed by atoms with Crippen molar-refractivity contribution < 1.29 is 22.7 Å². The van der Waals surface area contributed by atoms with Crippen LogP contribution in [0.5, 0.6) is 0 Å². The van der Waals surface area contributed by atoms with Crippen LogP contribution in [0.3, 0.4) is 0 Å². The molecule has 2 atom stereocenters. The van der Waals surface area contributed by atoms with E-state index in [0.717, 1.165) is 23.8 Å². The molecular weight excluding hydrogens is 516 g/mol. The van der Waals surface area contributed by atoms with Gasteiger partial charge in [-0.1, -0.05) is 42.5 Å². The minimum Gasteiger partial charge on any atom is -0.512 e. The highest BCUT2D eigenvalue weighted by molar-refractivity contribution is 7.99. The van der Waals surface area contributed by atoms with E-state index in [1.165, 1.54) is 17.8 Å². The number of hydrogen-bond acceptors (Lipinski definition) is 4. The quantitative estimate of drug-likeness (QED) is 0.345. The second kappa shape index (κ2) is 10.1. The number of alkyl halides is 3. The standard InChI is InChI=1S/C29H26F4N2O2S/c1-16-20(14-21-22(29(31,32)33)11-6-12-23(21)30)28-35(27(37)25(16)18-9-5-10-19(36)13-18)24(15-38-28)26(34)17-7-3-2-4-8-17/h2-4,6-9,11-13,24,26,36H,5,10,14-15,34H2,1H3. The van der Waals surface area contributed by atoms with E-state index in [-0.39, 0.29) is 23.3 Å². The van der Waals surface area contributed by atoms with Crippen molar-refractivity contribution in [2.45, 2.75) is 49.5 Å². The zero-order chi connectivity index (χ0) is 27.2. The molecule has 1 aliphatic heterocycles. The summed E-state index contributed by atoms with van der Waals surface area (Å²) in [4.78, 5) is 14.0. The molecule has 0 fully saturated rings. The lowest BCUT2D eigenvalue weighted by Gasteiger charge is -2.25. The van der Waals surface area contributed by atoms with Gasteiger partial charge >= 0.3 is 6.18 Å². The topological polar surface area (TPSA) is 68.2 Å². The highest BCUT2D eigenvalue weighted by Gasteiger charge is 2.38. The molecule has 4 nitrogen and oxygen atoms in total. The van der Waals surface area contributed by atoms with Crippen molar-refractivity contribution in [1.82, 2.24) is 4.57 Å². The van der Waals surface area contributed by atoms with E-state index in [2.05, 4.69) is 0 Å². The van der Waals surface area contributed by atoms with Crippen LogP contribution in [0.2, 0.25) is 0 Å². The van der Waals surface area contributed by atoms with Gasteiger partial charge in [0.2, 0.25) is 0 Å². The SMILES string of the molecule is Cc1c(Cc2c(F)cccc2C(F)(F)F)c2n(c(=O)c1C1=CCCC(O)=C1)C(C(N)c1ccccc1)CS2. The highest BCUT2D eigenvalue weighted by Crippen LogP contribution is 2.44. The fraction of sp³-hybridized carbons (Fsp3) is 0.276. The molecule has 3 N–H and O–H groups in total. The average molecular weight is 543 g/mol. The maximum atomic E-state index is 14.9. The van der Waals surface area contributed by atoms with E-state index >= 15 is 0 Å². The summed E-state index contributed by atoms with van der Waals surface area (Å²) in [6.07, 6.45) is -0.793. The minimum atomic E-state index is -4.74. The molecule has 9 heteroatoms. The van der Waals surface area contributed by atoms with Gasteiger partial charge in [0.05, 0.1) is 34.0 Å². The Hall–Kier alpha value is -3.30. The third-order valence-corrected chi connectivity index (χ3v) is 8.44. The van der Waals surface area contributed by atoms with Crippen molar-refractivity contribution in [3.8, 4) is 0 Å². The molecule has 198 valence electrons. The molecule has 2 aromatic carbocycles. The van der Waals surface area contributed by atoms with Crippen LogP contribution in [0.1, 0.15) is 58.3 Å². The van der Waals surface area contributed by atoms with Gasteiger partial charge in [-0.25, -0.2) is 4.39 Å². The van der Waals surface area contributed by atoms with Gasteiger partial charge in [0.15, 0.2) is 0 Å². The van der Waals surface area contributed by atoms with Crippen molar-refractivity contribution in [1.29, 1.82) is 0 Å². The van der Waals surface area contributed by atoms with Crippen molar-refractivity contribution in [3.05, 3.63) is 116 Å². The minimum absolute atomic E-state index is 0.119. The van der Waals surface area contributed by atoms with Crippen LogP contribution in [0.25, 0.3) is 5.57 Å². The molecule has 38 heavy (non-hydrogen) atoms. The second-order valence-corrected chi connectivity index (χ2v) is 10.6. The fourth-order valence-corrected chi connectivity index (χ4v) is 6.72. The molecular formula is C29H26F4N2O2S. The first-order chi connectivity index (χ1) is 18.1. The number of aromatic nitrogens is 1. The number of benzene rings is 2. The van der Waals surface area contributed by atoms with Crippen LogP contribution >= 0.6 is 11.8 Å². The van der Waals surface area contributed by atoms with Gasteiger partial charge < -0.3 is 10.8 Å². The number of halogens is 4. The van der Waals surface area contributed by atoms with Gasteiger partial charge in [-0.05, 0) is 53.8 Å². The molecule has 1 aliphatic carbocycles. The first-order valence-corrected chi connectivity index (χ1v) is 13.2. The van der Waals surface area contributed by atoms with Gasteiger partial charge in [0, 0.05) is 24.2 Å². The molecule has 1 aromatic heterocycles. The van der Waals surface area contributed by atoms with Crippen molar-refractivity contribution in [2.24, 2.45) is 5.73 Å². The number of thioether (sulfide) groups is 1. The number of fused-ring (bicyclic) bond motifs is 1. The van der Waals surface area contributed by atoms with Crippen molar-refractivity contribution in [2.75, 3.05) is 5.75 Å². The molecule has 2 unspecified atom stereocenters. The summed E-state index contributed by atoms with van der Waals surface area (Å²) in [6.45, 7) is 1.67. The van der Waals surface area contributed by atoms with Gasteiger partial charge in [-0.2, -0.15) is 13.2 Å². The predicted octanol–water partition coefficient (Wildman–Crippen LogP) is 6.87. The van der Waals surface area contributed by atoms with E-state index in [9.17, 15) is 27.5 Å². The highest BCUT2D eigenvalue weighted by atomic mass is 32.2. The summed E-state index contributed by atoms with van der Waals surface area (Å²) in [5.41, 5.74) is 7.32. The molecule has 0 saturated carbocycles. The van der Waals surface area contributed by atoms with E-state index in [1.807, 2.05) is 36.4 Å². The third-order valence-electron chi connectivity index (χ3n) is 7.21. The van der Waals surface area contributed by atoms with Crippen LogP contribution in [0.15, 0.2) is 76.3 Å². The summed E-state index contributed by atoms with van der Waals surface area (Å²) < 4.78 is 58.0. The second-order valence-electron chi connectivity index (χ2n) is 9.55. The number of hydrogen-bond donors (Lipinski definition) is 2. The van der Waals surface area contributed by atoms with Crippen molar-refractivity contribution >= 4 is 17.3 Å². The number of pyridine rings is 1. The van der Waals surface area contributed by atoms with Gasteiger partial charge in [-0.3, -0.25) is 9.36 Å². The Balaban J connectivity index is 1.74. The molecule has 2 aliphatic rings. The van der Waals surface area contributed by atoms with E-state index in [4.69, 9.17) is 5.73 Å². The first kappa shape index (κ1) is 26.3. The summed E-state index contributed by atoms with van der Waals surface area (Å²) in [7, 11) is 0. The predicted molar refractivity (Wildman–Crippen MR) is 141 cm³/mol. The molecule has 0 amide bonds. The lowest BCUT2D eigenvalue weighted by molar-refractivity contribution is -0.138. The Morgan fingerprint density at radius 2 is 1.87 bits per heavy atom. The molecule has 2 heterocycles. The Morgan fingerprint density at radius 3 is 2.55 bits per heavy atom. The zero-order valence-electron chi connectivity index (χ0n) is 20.6. The van der Waals surface area contributed by atoms with Crippen LogP contribution in [0, 0.1) is 12.7 Å². The molecule has 0 saturated heterocycles. The Kier molecular flexibility index (Phi) is 7.00.